The zero-order valence-corrected chi connectivity index (χ0v) is 10.6. The van der Waals surface area contributed by atoms with E-state index in [1.54, 1.807) is 4.90 Å². The van der Waals surface area contributed by atoms with Crippen LogP contribution in [0.15, 0.2) is 5.16 Å². The van der Waals surface area contributed by atoms with Gasteiger partial charge >= 0.3 is 6.09 Å². The summed E-state index contributed by atoms with van der Waals surface area (Å²) in [6.07, 6.45) is 1.38. The fourth-order valence-corrected chi connectivity index (χ4v) is 2.65. The number of carbonyl (C=O) groups is 1. The van der Waals surface area contributed by atoms with Crippen LogP contribution < -0.4 is 0 Å². The predicted octanol–water partition coefficient (Wildman–Crippen LogP) is 2.09. The Kier molecular flexibility index (Phi) is 3.02. The normalized spacial score (nSPS) is 28.2. The van der Waals surface area contributed by atoms with Crippen molar-refractivity contribution >= 4 is 11.8 Å². The van der Waals surface area contributed by atoms with Crippen LogP contribution in [-0.4, -0.2) is 40.6 Å². The second-order valence-corrected chi connectivity index (χ2v) is 5.98. The Morgan fingerprint density at radius 3 is 2.29 bits per heavy atom. The fraction of sp³-hybridized carbons (Fsp3) is 0.833. The van der Waals surface area contributed by atoms with Crippen LogP contribution in [-0.2, 0) is 4.74 Å². The van der Waals surface area contributed by atoms with Crippen molar-refractivity contribution in [3.8, 4) is 0 Å². The number of hydrogen-bond acceptors (Lipinski definition) is 4. The Morgan fingerprint density at radius 2 is 1.88 bits per heavy atom. The van der Waals surface area contributed by atoms with E-state index in [-0.39, 0.29) is 6.09 Å². The highest BCUT2D eigenvalue weighted by Gasteiger charge is 2.42. The van der Waals surface area contributed by atoms with E-state index in [9.17, 15) is 4.79 Å². The summed E-state index contributed by atoms with van der Waals surface area (Å²) >= 11 is 0. The molecule has 2 aliphatic rings. The average Bonchev–Trinajstić information content (AvgIpc) is 2.70. The maximum Gasteiger partial charge on any atom is 0.410 e. The van der Waals surface area contributed by atoms with E-state index in [1.165, 1.54) is 0 Å². The van der Waals surface area contributed by atoms with Crippen molar-refractivity contribution in [2.24, 2.45) is 17.0 Å². The second kappa shape index (κ2) is 4.20. The summed E-state index contributed by atoms with van der Waals surface area (Å²) in [5.74, 6) is 0.877. The first-order valence-corrected chi connectivity index (χ1v) is 6.07. The molecule has 1 N–H and O–H groups in total. The summed E-state index contributed by atoms with van der Waals surface area (Å²) < 4.78 is 5.35. The van der Waals surface area contributed by atoms with E-state index < -0.39 is 5.60 Å². The molecule has 1 saturated carbocycles. The molecule has 2 atom stereocenters. The number of hydrogen-bond donors (Lipinski definition) is 1. The molecule has 0 bridgehead atoms. The van der Waals surface area contributed by atoms with Gasteiger partial charge < -0.3 is 14.8 Å². The Bertz CT molecular complexity index is 330. The third-order valence-corrected chi connectivity index (χ3v) is 3.37. The molecule has 0 radical (unpaired) electrons. The van der Waals surface area contributed by atoms with Crippen LogP contribution in [0.5, 0.6) is 0 Å². The first kappa shape index (κ1) is 12.2. The van der Waals surface area contributed by atoms with Crippen molar-refractivity contribution in [2.75, 3.05) is 13.1 Å². The van der Waals surface area contributed by atoms with E-state index >= 15 is 0 Å². The molecule has 5 nitrogen and oxygen atoms in total. The molecule has 2 fully saturated rings. The molecule has 1 saturated heterocycles. The number of likely N-dealkylation sites (tertiary alicyclic amines) is 1. The lowest BCUT2D eigenvalue weighted by Gasteiger charge is -2.24. The summed E-state index contributed by atoms with van der Waals surface area (Å²) in [4.78, 5) is 13.6. The largest absolute Gasteiger partial charge is 0.444 e. The van der Waals surface area contributed by atoms with E-state index in [1.807, 2.05) is 20.8 Å². The number of ether oxygens (including phenoxy) is 1. The van der Waals surface area contributed by atoms with Crippen LogP contribution in [0.2, 0.25) is 0 Å². The maximum atomic E-state index is 11.9. The highest BCUT2D eigenvalue weighted by Crippen LogP contribution is 2.36. The molecular weight excluding hydrogens is 220 g/mol. The molecule has 5 heteroatoms. The number of oxime groups is 1. The maximum absolute atomic E-state index is 11.9. The smallest absolute Gasteiger partial charge is 0.410 e. The van der Waals surface area contributed by atoms with Crippen LogP contribution >= 0.6 is 0 Å². The van der Waals surface area contributed by atoms with Gasteiger partial charge in [0.1, 0.15) is 5.60 Å². The van der Waals surface area contributed by atoms with Crippen molar-refractivity contribution in [1.29, 1.82) is 0 Å². The summed E-state index contributed by atoms with van der Waals surface area (Å²) in [7, 11) is 0. The van der Waals surface area contributed by atoms with E-state index in [0.29, 0.717) is 11.8 Å². The van der Waals surface area contributed by atoms with Gasteiger partial charge in [0.05, 0.1) is 5.71 Å². The zero-order valence-electron chi connectivity index (χ0n) is 10.6. The molecule has 0 aromatic rings. The molecule has 1 amide bonds. The summed E-state index contributed by atoms with van der Waals surface area (Å²) in [5.41, 5.74) is 0.427. The van der Waals surface area contributed by atoms with Crippen molar-refractivity contribution in [3.63, 3.8) is 0 Å². The van der Waals surface area contributed by atoms with Gasteiger partial charge in [-0.05, 0) is 45.4 Å². The van der Waals surface area contributed by atoms with Gasteiger partial charge in [-0.2, -0.15) is 0 Å². The molecule has 1 heterocycles. The van der Waals surface area contributed by atoms with E-state index in [2.05, 4.69) is 5.16 Å². The van der Waals surface area contributed by atoms with Crippen LogP contribution in [0.4, 0.5) is 4.79 Å². The van der Waals surface area contributed by atoms with Crippen LogP contribution in [0.25, 0.3) is 0 Å². The fourth-order valence-electron chi connectivity index (χ4n) is 2.65. The van der Waals surface area contributed by atoms with Gasteiger partial charge in [-0.15, -0.1) is 0 Å². The summed E-state index contributed by atoms with van der Waals surface area (Å²) in [6.45, 7) is 7.06. The molecular formula is C12H20N2O3. The summed E-state index contributed by atoms with van der Waals surface area (Å²) in [5, 5.41) is 12.0. The minimum Gasteiger partial charge on any atom is -0.444 e. The highest BCUT2D eigenvalue weighted by atomic mass is 16.6. The average molecular weight is 240 g/mol. The lowest BCUT2D eigenvalue weighted by atomic mass is 10.0. The van der Waals surface area contributed by atoms with Crippen LogP contribution in [0.3, 0.4) is 0 Å². The van der Waals surface area contributed by atoms with Gasteiger partial charge in [0.15, 0.2) is 0 Å². The van der Waals surface area contributed by atoms with Crippen molar-refractivity contribution in [3.05, 3.63) is 0 Å². The first-order valence-electron chi connectivity index (χ1n) is 6.07. The van der Waals surface area contributed by atoms with Crippen LogP contribution in [0, 0.1) is 11.8 Å². The minimum atomic E-state index is -0.438. The molecule has 1 aliphatic carbocycles. The van der Waals surface area contributed by atoms with Gasteiger partial charge in [0, 0.05) is 13.1 Å². The predicted molar refractivity (Wildman–Crippen MR) is 63.2 cm³/mol. The lowest BCUT2D eigenvalue weighted by Crippen LogP contribution is -2.36. The van der Waals surface area contributed by atoms with Crippen molar-refractivity contribution < 1.29 is 14.7 Å². The van der Waals surface area contributed by atoms with Crippen molar-refractivity contribution in [1.82, 2.24) is 4.90 Å². The standard InChI is InChI=1S/C12H20N2O3/c1-12(2,3)17-11(15)14-6-8-4-10(13-16)5-9(8)7-14/h8-9,16H,4-7H2,1-3H3. The second-order valence-electron chi connectivity index (χ2n) is 5.98. The monoisotopic (exact) mass is 240 g/mol. The topological polar surface area (TPSA) is 62.1 Å². The SMILES string of the molecule is CC(C)(C)OC(=O)N1CC2CC(=NO)CC2C1. The number of fused-ring (bicyclic) bond motifs is 1. The minimum absolute atomic E-state index is 0.227. The number of rotatable bonds is 0. The molecule has 0 aromatic heterocycles. The molecule has 96 valence electrons. The Hall–Kier alpha value is -1.26. The number of amides is 1. The quantitative estimate of drug-likeness (QED) is 0.521. The number of carbonyl (C=O) groups excluding carboxylic acids is 1. The lowest BCUT2D eigenvalue weighted by molar-refractivity contribution is 0.0283. The third kappa shape index (κ3) is 2.70. The highest BCUT2D eigenvalue weighted by molar-refractivity contribution is 5.87. The molecule has 17 heavy (non-hydrogen) atoms. The Balaban J connectivity index is 1.90. The van der Waals surface area contributed by atoms with E-state index in [0.717, 1.165) is 31.6 Å². The first-order chi connectivity index (χ1) is 7.89. The van der Waals surface area contributed by atoms with Gasteiger partial charge in [0.2, 0.25) is 0 Å². The molecule has 0 spiro atoms. The van der Waals surface area contributed by atoms with Gasteiger partial charge in [-0.3, -0.25) is 0 Å². The molecule has 2 unspecified atom stereocenters. The van der Waals surface area contributed by atoms with E-state index in [4.69, 9.17) is 9.94 Å². The molecule has 0 aromatic carbocycles. The number of nitrogens with zero attached hydrogens (tertiary/aromatic N) is 2. The third-order valence-electron chi connectivity index (χ3n) is 3.37. The van der Waals surface area contributed by atoms with Gasteiger partial charge in [-0.1, -0.05) is 5.16 Å². The van der Waals surface area contributed by atoms with Crippen LogP contribution in [0.1, 0.15) is 33.6 Å². The summed E-state index contributed by atoms with van der Waals surface area (Å²) in [6, 6.07) is 0. The zero-order chi connectivity index (χ0) is 12.6. The molecule has 2 rings (SSSR count). The van der Waals surface area contributed by atoms with Crippen molar-refractivity contribution in [2.45, 2.75) is 39.2 Å². The molecule has 1 aliphatic heterocycles. The van der Waals surface area contributed by atoms with Gasteiger partial charge in [0.25, 0.3) is 0 Å². The van der Waals surface area contributed by atoms with Gasteiger partial charge in [-0.25, -0.2) is 4.79 Å². The Morgan fingerprint density at radius 1 is 1.35 bits per heavy atom. The Labute approximate surface area is 101 Å².